The van der Waals surface area contributed by atoms with Gasteiger partial charge in [-0.05, 0) is 12.5 Å². The van der Waals surface area contributed by atoms with Crippen LogP contribution in [0.5, 0.6) is 0 Å². The van der Waals surface area contributed by atoms with Crippen molar-refractivity contribution in [2.45, 2.75) is 18.9 Å². The maximum absolute atomic E-state index is 11.9. The van der Waals surface area contributed by atoms with E-state index >= 15 is 0 Å². The van der Waals surface area contributed by atoms with E-state index in [0.29, 0.717) is 13.1 Å². The van der Waals surface area contributed by atoms with Gasteiger partial charge in [-0.15, -0.1) is 12.4 Å². The Labute approximate surface area is 114 Å². The predicted molar refractivity (Wildman–Crippen MR) is 75.0 cm³/mol. The van der Waals surface area contributed by atoms with Gasteiger partial charge in [0.25, 0.3) is 0 Å². The number of methoxy groups -OCH3 is 1. The zero-order chi connectivity index (χ0) is 12.7. The van der Waals surface area contributed by atoms with Crippen molar-refractivity contribution in [2.24, 2.45) is 5.73 Å². The smallest absolute Gasteiger partial charge is 0.228 e. The first-order valence-corrected chi connectivity index (χ1v) is 5.74. The standard InChI is InChI=1S/C13H20N2O2.ClH/c1-10(17-2)9-15-13(16)12(8-14)11-6-4-3-5-7-11;/h3-7,10,12H,8-9,14H2,1-2H3,(H,15,16);1H. The van der Waals surface area contributed by atoms with E-state index in [1.165, 1.54) is 0 Å². The maximum Gasteiger partial charge on any atom is 0.228 e. The van der Waals surface area contributed by atoms with E-state index in [2.05, 4.69) is 5.32 Å². The van der Waals surface area contributed by atoms with Gasteiger partial charge in [-0.1, -0.05) is 30.3 Å². The largest absolute Gasteiger partial charge is 0.380 e. The highest BCUT2D eigenvalue weighted by molar-refractivity contribution is 5.85. The zero-order valence-electron chi connectivity index (χ0n) is 10.8. The molecule has 18 heavy (non-hydrogen) atoms. The molecule has 0 aliphatic carbocycles. The Morgan fingerprint density at radius 1 is 1.39 bits per heavy atom. The number of amides is 1. The van der Waals surface area contributed by atoms with Crippen LogP contribution in [0, 0.1) is 0 Å². The number of nitrogens with one attached hydrogen (secondary N) is 1. The number of benzene rings is 1. The monoisotopic (exact) mass is 272 g/mol. The van der Waals surface area contributed by atoms with Crippen molar-refractivity contribution < 1.29 is 9.53 Å². The van der Waals surface area contributed by atoms with Crippen LogP contribution < -0.4 is 11.1 Å². The second-order valence-electron chi connectivity index (χ2n) is 3.99. The first-order chi connectivity index (χ1) is 8.19. The molecule has 0 fully saturated rings. The molecule has 1 amide bonds. The van der Waals surface area contributed by atoms with E-state index in [4.69, 9.17) is 10.5 Å². The van der Waals surface area contributed by atoms with E-state index in [1.54, 1.807) is 7.11 Å². The number of carbonyl (C=O) groups is 1. The lowest BCUT2D eigenvalue weighted by molar-refractivity contribution is -0.122. The van der Waals surface area contributed by atoms with Crippen LogP contribution in [-0.4, -0.2) is 32.2 Å². The molecule has 3 N–H and O–H groups in total. The number of hydrogen-bond acceptors (Lipinski definition) is 3. The Hall–Kier alpha value is -1.10. The van der Waals surface area contributed by atoms with Crippen LogP contribution in [0.4, 0.5) is 0 Å². The lowest BCUT2D eigenvalue weighted by Crippen LogP contribution is -2.37. The molecule has 4 nitrogen and oxygen atoms in total. The second-order valence-corrected chi connectivity index (χ2v) is 3.99. The molecule has 2 atom stereocenters. The van der Waals surface area contributed by atoms with Gasteiger partial charge >= 0.3 is 0 Å². The molecule has 0 heterocycles. The summed E-state index contributed by atoms with van der Waals surface area (Å²) in [5.41, 5.74) is 6.59. The summed E-state index contributed by atoms with van der Waals surface area (Å²) in [6, 6.07) is 9.56. The van der Waals surface area contributed by atoms with Crippen LogP contribution in [-0.2, 0) is 9.53 Å². The van der Waals surface area contributed by atoms with Crippen molar-refractivity contribution in [3.63, 3.8) is 0 Å². The van der Waals surface area contributed by atoms with Gasteiger partial charge in [-0.3, -0.25) is 4.79 Å². The minimum Gasteiger partial charge on any atom is -0.380 e. The summed E-state index contributed by atoms with van der Waals surface area (Å²) < 4.78 is 5.07. The first kappa shape index (κ1) is 16.9. The second kappa shape index (κ2) is 8.91. The number of ether oxygens (including phenoxy) is 1. The lowest BCUT2D eigenvalue weighted by Gasteiger charge is -2.17. The molecule has 0 saturated carbocycles. The Morgan fingerprint density at radius 2 is 2.00 bits per heavy atom. The number of hydrogen-bond donors (Lipinski definition) is 2. The SMILES string of the molecule is COC(C)CNC(=O)C(CN)c1ccccc1.Cl. The normalized spacial score (nSPS) is 13.3. The van der Waals surface area contributed by atoms with Crippen molar-refractivity contribution in [1.82, 2.24) is 5.32 Å². The van der Waals surface area contributed by atoms with E-state index in [0.717, 1.165) is 5.56 Å². The highest BCUT2D eigenvalue weighted by atomic mass is 35.5. The molecule has 2 unspecified atom stereocenters. The highest BCUT2D eigenvalue weighted by Gasteiger charge is 2.18. The van der Waals surface area contributed by atoms with Crippen LogP contribution in [0.15, 0.2) is 30.3 Å². The third-order valence-electron chi connectivity index (χ3n) is 2.72. The number of rotatable bonds is 6. The van der Waals surface area contributed by atoms with Gasteiger partial charge in [-0.2, -0.15) is 0 Å². The Kier molecular flexibility index (Phi) is 8.37. The molecule has 1 aromatic carbocycles. The molecule has 102 valence electrons. The van der Waals surface area contributed by atoms with Crippen molar-refractivity contribution in [1.29, 1.82) is 0 Å². The molecule has 0 aromatic heterocycles. The predicted octanol–water partition coefficient (Wildman–Crippen LogP) is 1.30. The highest BCUT2D eigenvalue weighted by Crippen LogP contribution is 2.13. The molecule has 0 saturated heterocycles. The van der Waals surface area contributed by atoms with Crippen molar-refractivity contribution in [3.05, 3.63) is 35.9 Å². The van der Waals surface area contributed by atoms with Crippen LogP contribution >= 0.6 is 12.4 Å². The fourth-order valence-corrected chi connectivity index (χ4v) is 1.53. The van der Waals surface area contributed by atoms with Gasteiger partial charge in [0, 0.05) is 20.2 Å². The minimum atomic E-state index is -0.291. The van der Waals surface area contributed by atoms with Crippen molar-refractivity contribution >= 4 is 18.3 Å². The summed E-state index contributed by atoms with van der Waals surface area (Å²) in [6.45, 7) is 2.70. The van der Waals surface area contributed by atoms with E-state index in [9.17, 15) is 4.79 Å². The Bertz CT molecular complexity index is 346. The Morgan fingerprint density at radius 3 is 2.50 bits per heavy atom. The van der Waals surface area contributed by atoms with Crippen LogP contribution in [0.2, 0.25) is 0 Å². The molecular formula is C13H21ClN2O2. The van der Waals surface area contributed by atoms with Gasteiger partial charge in [0.05, 0.1) is 12.0 Å². The van der Waals surface area contributed by atoms with Crippen LogP contribution in [0.25, 0.3) is 0 Å². The van der Waals surface area contributed by atoms with Gasteiger partial charge in [0.1, 0.15) is 0 Å². The third-order valence-corrected chi connectivity index (χ3v) is 2.72. The van der Waals surface area contributed by atoms with E-state index in [1.807, 2.05) is 37.3 Å². The molecule has 5 heteroatoms. The number of carbonyl (C=O) groups excluding carboxylic acids is 1. The summed E-state index contributed by atoms with van der Waals surface area (Å²) >= 11 is 0. The molecule has 0 bridgehead atoms. The molecule has 0 aliphatic heterocycles. The van der Waals surface area contributed by atoms with Crippen molar-refractivity contribution in [2.75, 3.05) is 20.2 Å². The third kappa shape index (κ3) is 5.04. The van der Waals surface area contributed by atoms with E-state index in [-0.39, 0.29) is 30.3 Å². The minimum absolute atomic E-state index is 0. The molecular weight excluding hydrogens is 252 g/mol. The average Bonchev–Trinajstić information content (AvgIpc) is 2.38. The summed E-state index contributed by atoms with van der Waals surface area (Å²) in [5, 5.41) is 2.84. The zero-order valence-corrected chi connectivity index (χ0v) is 11.6. The van der Waals surface area contributed by atoms with Gasteiger partial charge in [-0.25, -0.2) is 0 Å². The average molecular weight is 273 g/mol. The van der Waals surface area contributed by atoms with Crippen molar-refractivity contribution in [3.8, 4) is 0 Å². The number of halogens is 1. The Balaban J connectivity index is 0.00000289. The van der Waals surface area contributed by atoms with E-state index < -0.39 is 0 Å². The summed E-state index contributed by atoms with van der Waals surface area (Å²) in [5.74, 6) is -0.345. The molecule has 1 rings (SSSR count). The molecule has 0 radical (unpaired) electrons. The lowest BCUT2D eigenvalue weighted by atomic mass is 9.98. The molecule has 1 aromatic rings. The van der Waals surface area contributed by atoms with Crippen LogP contribution in [0.1, 0.15) is 18.4 Å². The van der Waals surface area contributed by atoms with Gasteiger partial charge in [0.2, 0.25) is 5.91 Å². The fraction of sp³-hybridized carbons (Fsp3) is 0.462. The van der Waals surface area contributed by atoms with Gasteiger partial charge < -0.3 is 15.8 Å². The maximum atomic E-state index is 11.9. The van der Waals surface area contributed by atoms with Crippen LogP contribution in [0.3, 0.4) is 0 Å². The van der Waals surface area contributed by atoms with Gasteiger partial charge in [0.15, 0.2) is 0 Å². The number of nitrogens with two attached hydrogens (primary N) is 1. The topological polar surface area (TPSA) is 64.3 Å². The molecule has 0 aliphatic rings. The first-order valence-electron chi connectivity index (χ1n) is 5.74. The summed E-state index contributed by atoms with van der Waals surface area (Å²) in [6.07, 6.45) is 0.00754. The quantitative estimate of drug-likeness (QED) is 0.821. The summed E-state index contributed by atoms with van der Waals surface area (Å²) in [4.78, 5) is 11.9. The fourth-order valence-electron chi connectivity index (χ4n) is 1.53. The summed E-state index contributed by atoms with van der Waals surface area (Å²) in [7, 11) is 1.62. The molecule has 0 spiro atoms.